The lowest BCUT2D eigenvalue weighted by atomic mass is 10.1. The van der Waals surface area contributed by atoms with Crippen LogP contribution in [0, 0.1) is 11.3 Å². The van der Waals surface area contributed by atoms with Gasteiger partial charge in [0, 0.05) is 47.6 Å². The average Bonchev–Trinajstić information content (AvgIpc) is 3.53. The quantitative estimate of drug-likeness (QED) is 0.200. The number of aromatic nitrogens is 2. The molecule has 3 aromatic carbocycles. The van der Waals surface area contributed by atoms with Crippen LogP contribution in [0.3, 0.4) is 0 Å². The lowest BCUT2D eigenvalue weighted by Gasteiger charge is -2.19. The molecule has 0 bridgehead atoms. The van der Waals surface area contributed by atoms with E-state index in [1.54, 1.807) is 72.9 Å². The molecule has 0 spiro atoms. The second-order valence-electron chi connectivity index (χ2n) is 9.49. The molecule has 1 atom stereocenters. The summed E-state index contributed by atoms with van der Waals surface area (Å²) in [7, 11) is 0. The number of carbonyl (C=O) groups is 1. The third-order valence-corrected chi connectivity index (χ3v) is 6.90. The van der Waals surface area contributed by atoms with Crippen molar-refractivity contribution in [2.75, 3.05) is 23.8 Å². The van der Waals surface area contributed by atoms with Crippen LogP contribution in [-0.4, -0.2) is 35.2 Å². The molecule has 0 radical (unpaired) electrons. The van der Waals surface area contributed by atoms with Crippen molar-refractivity contribution in [1.82, 2.24) is 9.97 Å². The van der Waals surface area contributed by atoms with Crippen LogP contribution in [0.1, 0.15) is 22.3 Å². The van der Waals surface area contributed by atoms with Crippen molar-refractivity contribution in [3.05, 3.63) is 107 Å². The number of hydrogen-bond donors (Lipinski definition) is 2. The predicted octanol–water partition coefficient (Wildman–Crippen LogP) is 7.11. The van der Waals surface area contributed by atoms with E-state index in [4.69, 9.17) is 25.8 Å². The zero-order chi connectivity index (χ0) is 28.9. The van der Waals surface area contributed by atoms with E-state index in [-0.39, 0.29) is 12.0 Å². The van der Waals surface area contributed by atoms with Crippen molar-refractivity contribution >= 4 is 45.5 Å². The fraction of sp³-hybridized carbons (Fsp3) is 0.125. The molecule has 42 heavy (non-hydrogen) atoms. The van der Waals surface area contributed by atoms with Crippen molar-refractivity contribution in [3.8, 4) is 23.4 Å². The number of hydrogen-bond acceptors (Lipinski definition) is 8. The third kappa shape index (κ3) is 5.95. The number of anilines is 3. The van der Waals surface area contributed by atoms with Crippen LogP contribution in [-0.2, 0) is 4.74 Å². The Morgan fingerprint density at radius 1 is 1.02 bits per heavy atom. The first-order valence-corrected chi connectivity index (χ1v) is 13.6. The molecule has 208 valence electrons. The maximum atomic E-state index is 13.1. The fourth-order valence-electron chi connectivity index (χ4n) is 4.53. The molecule has 9 nitrogen and oxygen atoms in total. The van der Waals surface area contributed by atoms with Crippen LogP contribution in [0.15, 0.2) is 91.3 Å². The Morgan fingerprint density at radius 3 is 2.62 bits per heavy atom. The Morgan fingerprint density at radius 2 is 1.88 bits per heavy atom. The number of halogens is 1. The standard InChI is InChI=1S/C32H24ClN5O4/c33-25-14-22(9-10-28(25)42-30-8-4-5-12-35-30)37-31-21(17-34)18-36-26-16-29(41-23-11-13-40-19-23)27(15-24(26)31)38-32(39)20-6-2-1-3-7-20/h1-10,12,14-16,18,23H,11,13,19H2,(H,36,37)(H,38,39). The first-order valence-electron chi connectivity index (χ1n) is 13.2. The van der Waals surface area contributed by atoms with Gasteiger partial charge in [-0.15, -0.1) is 0 Å². The molecule has 1 aliphatic heterocycles. The van der Waals surface area contributed by atoms with Gasteiger partial charge in [-0.3, -0.25) is 9.78 Å². The Bertz CT molecular complexity index is 1790. The number of pyridine rings is 2. The smallest absolute Gasteiger partial charge is 0.255 e. The molecule has 1 amide bonds. The Balaban J connectivity index is 1.37. The third-order valence-electron chi connectivity index (χ3n) is 6.61. The van der Waals surface area contributed by atoms with Crippen molar-refractivity contribution in [3.63, 3.8) is 0 Å². The van der Waals surface area contributed by atoms with Gasteiger partial charge in [-0.05, 0) is 42.5 Å². The van der Waals surface area contributed by atoms with Gasteiger partial charge in [0.2, 0.25) is 5.88 Å². The van der Waals surface area contributed by atoms with Crippen LogP contribution in [0.2, 0.25) is 5.02 Å². The molecule has 3 heterocycles. The minimum absolute atomic E-state index is 0.153. The highest BCUT2D eigenvalue weighted by atomic mass is 35.5. The normalized spacial score (nSPS) is 14.2. The Hall–Kier alpha value is -5.17. The molecular formula is C32H24ClN5O4. The molecule has 10 heteroatoms. The van der Waals surface area contributed by atoms with Gasteiger partial charge in [0.05, 0.1) is 40.7 Å². The van der Waals surface area contributed by atoms with Crippen molar-refractivity contribution in [2.45, 2.75) is 12.5 Å². The number of benzene rings is 3. The number of fused-ring (bicyclic) bond motifs is 1. The van der Waals surface area contributed by atoms with E-state index < -0.39 is 0 Å². The molecule has 1 aliphatic rings. The van der Waals surface area contributed by atoms with Gasteiger partial charge in [0.25, 0.3) is 5.91 Å². The molecule has 6 rings (SSSR count). The van der Waals surface area contributed by atoms with Crippen molar-refractivity contribution in [2.24, 2.45) is 0 Å². The summed E-state index contributed by atoms with van der Waals surface area (Å²) in [4.78, 5) is 21.8. The average molecular weight is 578 g/mol. The van der Waals surface area contributed by atoms with E-state index >= 15 is 0 Å². The second kappa shape index (κ2) is 12.1. The molecule has 5 aromatic rings. The zero-order valence-electron chi connectivity index (χ0n) is 22.2. The van der Waals surface area contributed by atoms with E-state index in [0.717, 1.165) is 6.42 Å². The van der Waals surface area contributed by atoms with Gasteiger partial charge in [-0.1, -0.05) is 35.9 Å². The lowest BCUT2D eigenvalue weighted by Crippen LogP contribution is -2.18. The highest BCUT2D eigenvalue weighted by molar-refractivity contribution is 6.32. The first kappa shape index (κ1) is 27.0. The SMILES string of the molecule is N#Cc1cnc2cc(OC3CCOC3)c(NC(=O)c3ccccc3)cc2c1Nc1ccc(Oc2ccccn2)c(Cl)c1. The van der Waals surface area contributed by atoms with Gasteiger partial charge >= 0.3 is 0 Å². The fourth-order valence-corrected chi connectivity index (χ4v) is 4.75. The van der Waals surface area contributed by atoms with Crippen LogP contribution < -0.4 is 20.1 Å². The number of ether oxygens (including phenoxy) is 3. The number of nitriles is 1. The summed E-state index contributed by atoms with van der Waals surface area (Å²) in [6.45, 7) is 1.06. The minimum atomic E-state index is -0.295. The molecule has 2 aromatic heterocycles. The zero-order valence-corrected chi connectivity index (χ0v) is 23.0. The molecule has 1 fully saturated rings. The summed E-state index contributed by atoms with van der Waals surface area (Å²) in [6.07, 6.45) is 3.71. The van der Waals surface area contributed by atoms with E-state index in [0.29, 0.717) is 74.7 Å². The van der Waals surface area contributed by atoms with Crippen molar-refractivity contribution < 1.29 is 19.0 Å². The van der Waals surface area contributed by atoms with E-state index in [1.807, 2.05) is 12.1 Å². The number of rotatable bonds is 8. The number of amides is 1. The van der Waals surface area contributed by atoms with Gasteiger partial charge in [0.1, 0.15) is 23.7 Å². The highest BCUT2D eigenvalue weighted by Gasteiger charge is 2.22. The monoisotopic (exact) mass is 577 g/mol. The number of nitrogens with zero attached hydrogens (tertiary/aromatic N) is 3. The van der Waals surface area contributed by atoms with Crippen molar-refractivity contribution in [1.29, 1.82) is 5.26 Å². The summed E-state index contributed by atoms with van der Waals surface area (Å²) in [5.41, 5.74) is 2.95. The predicted molar refractivity (Wildman–Crippen MR) is 160 cm³/mol. The molecule has 2 N–H and O–H groups in total. The maximum absolute atomic E-state index is 13.1. The molecule has 0 saturated carbocycles. The van der Waals surface area contributed by atoms with Crippen LogP contribution >= 0.6 is 11.6 Å². The highest BCUT2D eigenvalue weighted by Crippen LogP contribution is 2.38. The summed E-state index contributed by atoms with van der Waals surface area (Å²) in [5.74, 6) is 1.02. The van der Waals surface area contributed by atoms with Gasteiger partial charge in [-0.2, -0.15) is 5.26 Å². The van der Waals surface area contributed by atoms with Gasteiger partial charge in [-0.25, -0.2) is 4.98 Å². The summed E-state index contributed by atoms with van der Waals surface area (Å²) in [6, 6.07) is 25.2. The second-order valence-corrected chi connectivity index (χ2v) is 9.90. The summed E-state index contributed by atoms with van der Waals surface area (Å²) < 4.78 is 17.5. The number of nitrogens with one attached hydrogen (secondary N) is 2. The topological polar surface area (TPSA) is 118 Å². The van der Waals surface area contributed by atoms with Gasteiger partial charge in [0.15, 0.2) is 0 Å². The Labute approximate surface area is 246 Å². The van der Waals surface area contributed by atoms with E-state index in [2.05, 4.69) is 26.7 Å². The maximum Gasteiger partial charge on any atom is 0.255 e. The molecular weight excluding hydrogens is 554 g/mol. The van der Waals surface area contributed by atoms with E-state index in [1.165, 1.54) is 6.20 Å². The first-order chi connectivity index (χ1) is 20.6. The largest absolute Gasteiger partial charge is 0.486 e. The number of carbonyl (C=O) groups excluding carboxylic acids is 1. The lowest BCUT2D eigenvalue weighted by molar-refractivity contribution is 0.102. The van der Waals surface area contributed by atoms with Gasteiger partial charge < -0.3 is 24.8 Å². The molecule has 1 unspecified atom stereocenters. The van der Waals surface area contributed by atoms with E-state index in [9.17, 15) is 10.1 Å². The van der Waals surface area contributed by atoms with Crippen LogP contribution in [0.25, 0.3) is 10.9 Å². The molecule has 0 aliphatic carbocycles. The minimum Gasteiger partial charge on any atom is -0.486 e. The van der Waals surface area contributed by atoms with Crippen LogP contribution in [0.4, 0.5) is 17.1 Å². The summed E-state index contributed by atoms with van der Waals surface area (Å²) >= 11 is 6.54. The molecule has 1 saturated heterocycles. The summed E-state index contributed by atoms with van der Waals surface area (Å²) in [5, 5.41) is 17.2. The van der Waals surface area contributed by atoms with Crippen LogP contribution in [0.5, 0.6) is 17.4 Å². The Kier molecular flexibility index (Phi) is 7.81.